The molecule has 0 aliphatic rings. The van der Waals surface area contributed by atoms with Crippen LogP contribution in [0.1, 0.15) is 31.5 Å². The molecule has 0 aromatic carbocycles. The van der Waals surface area contributed by atoms with E-state index >= 15 is 0 Å². The van der Waals surface area contributed by atoms with Gasteiger partial charge in [-0.3, -0.25) is 9.78 Å². The minimum Gasteiger partial charge on any atom is -0.369 e. The SMILES string of the molecule is CCCc1nc(N)[nH]c(=O)c1CC. The third kappa shape index (κ3) is 2.08. The molecule has 0 atom stereocenters. The van der Waals surface area contributed by atoms with Gasteiger partial charge in [0.25, 0.3) is 5.56 Å². The highest BCUT2D eigenvalue weighted by molar-refractivity contribution is 5.25. The van der Waals surface area contributed by atoms with Gasteiger partial charge in [0.2, 0.25) is 5.95 Å². The Morgan fingerprint density at radius 2 is 2.15 bits per heavy atom. The van der Waals surface area contributed by atoms with Crippen molar-refractivity contribution in [1.82, 2.24) is 9.97 Å². The van der Waals surface area contributed by atoms with Crippen LogP contribution < -0.4 is 11.3 Å². The summed E-state index contributed by atoms with van der Waals surface area (Å²) in [6.07, 6.45) is 2.50. The van der Waals surface area contributed by atoms with E-state index in [0.29, 0.717) is 6.42 Å². The van der Waals surface area contributed by atoms with Crippen molar-refractivity contribution in [2.75, 3.05) is 5.73 Å². The molecular formula is C9H15N3O. The lowest BCUT2D eigenvalue weighted by Crippen LogP contribution is -2.19. The van der Waals surface area contributed by atoms with Crippen LogP contribution in [0.3, 0.4) is 0 Å². The number of rotatable bonds is 3. The number of hydrogen-bond acceptors (Lipinski definition) is 3. The van der Waals surface area contributed by atoms with Gasteiger partial charge in [-0.15, -0.1) is 0 Å². The second kappa shape index (κ2) is 4.07. The van der Waals surface area contributed by atoms with E-state index in [1.807, 2.05) is 6.92 Å². The third-order valence-corrected chi connectivity index (χ3v) is 1.96. The van der Waals surface area contributed by atoms with Crippen LogP contribution in [-0.4, -0.2) is 9.97 Å². The van der Waals surface area contributed by atoms with Crippen LogP contribution in [0.15, 0.2) is 4.79 Å². The van der Waals surface area contributed by atoms with Crippen LogP contribution in [0.2, 0.25) is 0 Å². The second-order valence-electron chi connectivity index (χ2n) is 2.98. The Hall–Kier alpha value is -1.32. The molecule has 3 N–H and O–H groups in total. The van der Waals surface area contributed by atoms with Crippen molar-refractivity contribution >= 4 is 5.95 Å². The Kier molecular flexibility index (Phi) is 3.06. The monoisotopic (exact) mass is 181 g/mol. The molecule has 1 heterocycles. The first-order valence-electron chi connectivity index (χ1n) is 4.56. The van der Waals surface area contributed by atoms with Crippen molar-refractivity contribution in [3.05, 3.63) is 21.6 Å². The standard InChI is InChI=1S/C9H15N3O/c1-3-5-7-6(4-2)8(13)12-9(10)11-7/h3-5H2,1-2H3,(H3,10,11,12,13). The Bertz CT molecular complexity index is 343. The van der Waals surface area contributed by atoms with Gasteiger partial charge in [-0.2, -0.15) is 0 Å². The van der Waals surface area contributed by atoms with Gasteiger partial charge in [-0.1, -0.05) is 20.3 Å². The highest BCUT2D eigenvalue weighted by Crippen LogP contribution is 2.05. The minimum atomic E-state index is -0.0987. The molecule has 1 aromatic rings. The summed E-state index contributed by atoms with van der Waals surface area (Å²) in [5, 5.41) is 0. The quantitative estimate of drug-likeness (QED) is 0.726. The Balaban J connectivity index is 3.21. The summed E-state index contributed by atoms with van der Waals surface area (Å²) < 4.78 is 0. The van der Waals surface area contributed by atoms with E-state index in [4.69, 9.17) is 5.73 Å². The van der Waals surface area contributed by atoms with Gasteiger partial charge in [-0.05, 0) is 12.8 Å². The number of aromatic amines is 1. The van der Waals surface area contributed by atoms with Crippen LogP contribution >= 0.6 is 0 Å². The van der Waals surface area contributed by atoms with Crippen molar-refractivity contribution in [2.24, 2.45) is 0 Å². The fourth-order valence-corrected chi connectivity index (χ4v) is 1.37. The number of nitrogen functional groups attached to an aromatic ring is 1. The maximum absolute atomic E-state index is 11.4. The van der Waals surface area contributed by atoms with E-state index in [0.717, 1.165) is 24.1 Å². The zero-order valence-electron chi connectivity index (χ0n) is 8.05. The molecule has 0 spiro atoms. The van der Waals surface area contributed by atoms with Crippen molar-refractivity contribution in [1.29, 1.82) is 0 Å². The van der Waals surface area contributed by atoms with Crippen molar-refractivity contribution in [3.63, 3.8) is 0 Å². The van der Waals surface area contributed by atoms with Gasteiger partial charge < -0.3 is 5.73 Å². The molecule has 0 aliphatic carbocycles. The first-order valence-corrected chi connectivity index (χ1v) is 4.56. The first kappa shape index (κ1) is 9.77. The van der Waals surface area contributed by atoms with Gasteiger partial charge in [0.15, 0.2) is 0 Å². The normalized spacial score (nSPS) is 10.3. The van der Waals surface area contributed by atoms with E-state index in [9.17, 15) is 4.79 Å². The van der Waals surface area contributed by atoms with Crippen LogP contribution in [0, 0.1) is 0 Å². The Labute approximate surface area is 77.2 Å². The number of hydrogen-bond donors (Lipinski definition) is 2. The number of nitrogens with one attached hydrogen (secondary N) is 1. The average molecular weight is 181 g/mol. The number of aryl methyl sites for hydroxylation is 1. The van der Waals surface area contributed by atoms with Crippen LogP contribution in [0.4, 0.5) is 5.95 Å². The van der Waals surface area contributed by atoms with Gasteiger partial charge >= 0.3 is 0 Å². The number of nitrogens with zero attached hydrogens (tertiary/aromatic N) is 1. The summed E-state index contributed by atoms with van der Waals surface area (Å²) in [7, 11) is 0. The van der Waals surface area contributed by atoms with E-state index in [1.165, 1.54) is 0 Å². The lowest BCUT2D eigenvalue weighted by atomic mass is 10.1. The number of nitrogens with two attached hydrogens (primary N) is 1. The predicted octanol–water partition coefficient (Wildman–Crippen LogP) is 0.867. The van der Waals surface area contributed by atoms with Crippen molar-refractivity contribution < 1.29 is 0 Å². The molecule has 4 heteroatoms. The third-order valence-electron chi connectivity index (χ3n) is 1.96. The topological polar surface area (TPSA) is 71.8 Å². The van der Waals surface area contributed by atoms with Gasteiger partial charge in [-0.25, -0.2) is 4.98 Å². The molecule has 13 heavy (non-hydrogen) atoms. The summed E-state index contributed by atoms with van der Waals surface area (Å²) in [6, 6.07) is 0. The molecule has 1 rings (SSSR count). The number of H-pyrrole nitrogens is 1. The van der Waals surface area contributed by atoms with Gasteiger partial charge in [0.1, 0.15) is 0 Å². The molecule has 0 saturated heterocycles. The molecular weight excluding hydrogens is 166 g/mol. The minimum absolute atomic E-state index is 0.0987. The fourth-order valence-electron chi connectivity index (χ4n) is 1.37. The lowest BCUT2D eigenvalue weighted by molar-refractivity contribution is 0.838. The molecule has 0 saturated carbocycles. The first-order chi connectivity index (χ1) is 6.19. The highest BCUT2D eigenvalue weighted by Gasteiger charge is 2.06. The van der Waals surface area contributed by atoms with Crippen LogP contribution in [0.5, 0.6) is 0 Å². The van der Waals surface area contributed by atoms with Gasteiger partial charge in [0, 0.05) is 5.56 Å². The molecule has 1 aromatic heterocycles. The summed E-state index contributed by atoms with van der Waals surface area (Å²) in [5.41, 5.74) is 6.95. The second-order valence-corrected chi connectivity index (χ2v) is 2.98. The molecule has 0 aliphatic heterocycles. The fraction of sp³-hybridized carbons (Fsp3) is 0.556. The van der Waals surface area contributed by atoms with E-state index in [2.05, 4.69) is 16.9 Å². The number of anilines is 1. The molecule has 0 amide bonds. The summed E-state index contributed by atoms with van der Waals surface area (Å²) >= 11 is 0. The van der Waals surface area contributed by atoms with Gasteiger partial charge in [0.05, 0.1) is 5.69 Å². The molecule has 0 bridgehead atoms. The largest absolute Gasteiger partial charge is 0.369 e. The molecule has 0 radical (unpaired) electrons. The van der Waals surface area contributed by atoms with Crippen LogP contribution in [-0.2, 0) is 12.8 Å². The molecule has 72 valence electrons. The summed E-state index contributed by atoms with van der Waals surface area (Å²) in [5.74, 6) is 0.214. The Morgan fingerprint density at radius 3 is 2.69 bits per heavy atom. The molecule has 0 fully saturated rings. The average Bonchev–Trinajstić information content (AvgIpc) is 2.04. The van der Waals surface area contributed by atoms with Crippen molar-refractivity contribution in [3.8, 4) is 0 Å². The van der Waals surface area contributed by atoms with Crippen LogP contribution in [0.25, 0.3) is 0 Å². The Morgan fingerprint density at radius 1 is 1.46 bits per heavy atom. The molecule has 0 unspecified atom stereocenters. The summed E-state index contributed by atoms with van der Waals surface area (Å²) in [6.45, 7) is 4.00. The number of aromatic nitrogens is 2. The highest BCUT2D eigenvalue weighted by atomic mass is 16.1. The summed E-state index contributed by atoms with van der Waals surface area (Å²) in [4.78, 5) is 18.0. The van der Waals surface area contributed by atoms with E-state index < -0.39 is 0 Å². The van der Waals surface area contributed by atoms with E-state index in [1.54, 1.807) is 0 Å². The lowest BCUT2D eigenvalue weighted by Gasteiger charge is -2.04. The van der Waals surface area contributed by atoms with Crippen molar-refractivity contribution in [2.45, 2.75) is 33.1 Å². The molecule has 4 nitrogen and oxygen atoms in total. The van der Waals surface area contributed by atoms with E-state index in [-0.39, 0.29) is 11.5 Å². The zero-order chi connectivity index (χ0) is 9.84. The maximum Gasteiger partial charge on any atom is 0.255 e. The zero-order valence-corrected chi connectivity index (χ0v) is 8.05. The smallest absolute Gasteiger partial charge is 0.255 e. The maximum atomic E-state index is 11.4. The predicted molar refractivity (Wildman–Crippen MR) is 52.6 cm³/mol.